The van der Waals surface area contributed by atoms with E-state index in [0.29, 0.717) is 40.1 Å². The van der Waals surface area contributed by atoms with Crippen molar-refractivity contribution in [2.45, 2.75) is 30.6 Å². The standard InChI is InChI=1S/C30H26ClN5O2S/c31-23-11-13-24(14-12-23)36-28-26(18-32-36)29(38)35-25(20-39-30(35)33-28)17-27(37)34(19-22-9-5-2-6-10-22)16-15-21-7-3-1-4-8-21/h1-14,18,25H,15-17,19-20H2. The molecule has 9 heteroatoms. The van der Waals surface area contributed by atoms with E-state index in [1.165, 1.54) is 17.3 Å². The zero-order valence-electron chi connectivity index (χ0n) is 21.1. The molecule has 0 N–H and O–H groups in total. The van der Waals surface area contributed by atoms with E-state index in [0.717, 1.165) is 17.7 Å². The normalized spacial score (nSPS) is 14.4. The van der Waals surface area contributed by atoms with Crippen LogP contribution in [0.1, 0.15) is 23.6 Å². The van der Waals surface area contributed by atoms with Crippen molar-refractivity contribution in [1.82, 2.24) is 24.2 Å². The first-order valence-electron chi connectivity index (χ1n) is 12.8. The van der Waals surface area contributed by atoms with Crippen molar-refractivity contribution < 1.29 is 4.79 Å². The number of benzene rings is 3. The van der Waals surface area contributed by atoms with Gasteiger partial charge in [0, 0.05) is 30.3 Å². The maximum Gasteiger partial charge on any atom is 0.265 e. The van der Waals surface area contributed by atoms with Gasteiger partial charge in [-0.05, 0) is 41.8 Å². The number of nitrogens with zero attached hydrogens (tertiary/aromatic N) is 5. The van der Waals surface area contributed by atoms with Gasteiger partial charge in [0.15, 0.2) is 10.8 Å². The number of halogens is 1. The third-order valence-corrected chi connectivity index (χ3v) is 8.28. The Morgan fingerprint density at radius 3 is 2.38 bits per heavy atom. The number of carbonyl (C=O) groups is 1. The third kappa shape index (κ3) is 5.35. The highest BCUT2D eigenvalue weighted by molar-refractivity contribution is 7.99. The van der Waals surface area contributed by atoms with Crippen molar-refractivity contribution in [3.63, 3.8) is 0 Å². The number of hydrogen-bond donors (Lipinski definition) is 0. The first kappa shape index (κ1) is 25.4. The van der Waals surface area contributed by atoms with Crippen molar-refractivity contribution in [2.75, 3.05) is 12.3 Å². The van der Waals surface area contributed by atoms with Crippen LogP contribution in [-0.4, -0.2) is 42.4 Å². The van der Waals surface area contributed by atoms with Crippen molar-refractivity contribution in [2.24, 2.45) is 0 Å². The predicted octanol–water partition coefficient (Wildman–Crippen LogP) is 5.54. The van der Waals surface area contributed by atoms with E-state index in [9.17, 15) is 9.59 Å². The summed E-state index contributed by atoms with van der Waals surface area (Å²) < 4.78 is 3.33. The maximum absolute atomic E-state index is 13.7. The van der Waals surface area contributed by atoms with Crippen molar-refractivity contribution in [1.29, 1.82) is 0 Å². The third-order valence-electron chi connectivity index (χ3n) is 6.93. The molecule has 0 saturated heterocycles. The first-order valence-corrected chi connectivity index (χ1v) is 14.2. The fraction of sp³-hybridized carbons (Fsp3) is 0.200. The second-order valence-electron chi connectivity index (χ2n) is 9.55. The molecule has 1 aliphatic heterocycles. The molecule has 0 aliphatic carbocycles. The van der Waals surface area contributed by atoms with Gasteiger partial charge in [0.05, 0.1) is 17.9 Å². The summed E-state index contributed by atoms with van der Waals surface area (Å²) in [6, 6.07) is 27.2. The van der Waals surface area contributed by atoms with Crippen molar-refractivity contribution in [3.8, 4) is 5.69 Å². The Hall–Kier alpha value is -3.88. The molecule has 0 bridgehead atoms. The van der Waals surface area contributed by atoms with E-state index in [2.05, 4.69) is 17.2 Å². The molecule has 0 spiro atoms. The topological polar surface area (TPSA) is 73.0 Å². The highest BCUT2D eigenvalue weighted by Crippen LogP contribution is 2.34. The van der Waals surface area contributed by atoms with E-state index in [1.807, 2.05) is 65.6 Å². The Morgan fingerprint density at radius 2 is 1.67 bits per heavy atom. The molecule has 39 heavy (non-hydrogen) atoms. The molecule has 0 radical (unpaired) electrons. The number of hydrogen-bond acceptors (Lipinski definition) is 5. The molecule has 7 nitrogen and oxygen atoms in total. The summed E-state index contributed by atoms with van der Waals surface area (Å²) in [6.45, 7) is 1.13. The highest BCUT2D eigenvalue weighted by atomic mass is 35.5. The number of carbonyl (C=O) groups excluding carboxylic acids is 1. The second kappa shape index (κ2) is 11.1. The van der Waals surface area contributed by atoms with Gasteiger partial charge in [-0.1, -0.05) is 84.0 Å². The van der Waals surface area contributed by atoms with Crippen LogP contribution in [0.15, 0.2) is 101 Å². The van der Waals surface area contributed by atoms with Crippen molar-refractivity contribution in [3.05, 3.63) is 118 Å². The van der Waals surface area contributed by atoms with E-state index >= 15 is 0 Å². The van der Waals surface area contributed by atoms with Crippen molar-refractivity contribution >= 4 is 40.3 Å². The molecule has 1 atom stereocenters. The summed E-state index contributed by atoms with van der Waals surface area (Å²) in [5.74, 6) is 0.643. The van der Waals surface area contributed by atoms with Gasteiger partial charge in [-0.15, -0.1) is 0 Å². The average Bonchev–Trinajstić information content (AvgIpc) is 3.57. The molecule has 196 valence electrons. The lowest BCUT2D eigenvalue weighted by Gasteiger charge is -2.25. The van der Waals surface area contributed by atoms with Crippen LogP contribution < -0.4 is 5.56 Å². The fourth-order valence-corrected chi connectivity index (χ4v) is 6.14. The number of fused-ring (bicyclic) bond motifs is 2. The van der Waals surface area contributed by atoms with Crippen LogP contribution in [0.25, 0.3) is 16.7 Å². The Balaban J connectivity index is 1.26. The Kier molecular flexibility index (Phi) is 7.22. The van der Waals surface area contributed by atoms with Crippen LogP contribution in [0.3, 0.4) is 0 Å². The van der Waals surface area contributed by atoms with Crippen LogP contribution in [0.4, 0.5) is 0 Å². The van der Waals surface area contributed by atoms with Crippen LogP contribution in [0, 0.1) is 0 Å². The van der Waals surface area contributed by atoms with Gasteiger partial charge in [0.25, 0.3) is 5.56 Å². The Labute approximate surface area is 235 Å². The summed E-state index contributed by atoms with van der Waals surface area (Å²) in [5, 5.41) is 6.09. The Bertz CT molecular complexity index is 1670. The first-order chi connectivity index (χ1) is 19.1. The largest absolute Gasteiger partial charge is 0.338 e. The predicted molar refractivity (Wildman–Crippen MR) is 155 cm³/mol. The van der Waals surface area contributed by atoms with Crippen LogP contribution >= 0.6 is 23.4 Å². The quantitative estimate of drug-likeness (QED) is 0.235. The molecule has 0 fully saturated rings. The zero-order chi connectivity index (χ0) is 26.8. The molecule has 3 heterocycles. The summed E-state index contributed by atoms with van der Waals surface area (Å²) in [4.78, 5) is 34.0. The number of amides is 1. The summed E-state index contributed by atoms with van der Waals surface area (Å²) in [5.41, 5.74) is 3.37. The minimum absolute atomic E-state index is 0.0251. The zero-order valence-corrected chi connectivity index (χ0v) is 22.7. The molecule has 1 unspecified atom stereocenters. The lowest BCUT2D eigenvalue weighted by atomic mass is 10.1. The van der Waals surface area contributed by atoms with Gasteiger partial charge in [-0.25, -0.2) is 9.67 Å². The lowest BCUT2D eigenvalue weighted by Crippen LogP contribution is -2.35. The summed E-state index contributed by atoms with van der Waals surface area (Å²) in [7, 11) is 0. The second-order valence-corrected chi connectivity index (χ2v) is 11.0. The van der Waals surface area contributed by atoms with Gasteiger partial charge in [0.1, 0.15) is 5.39 Å². The van der Waals surface area contributed by atoms with Gasteiger partial charge in [-0.2, -0.15) is 5.10 Å². The fourth-order valence-electron chi connectivity index (χ4n) is 4.89. The van der Waals surface area contributed by atoms with E-state index in [4.69, 9.17) is 16.6 Å². The minimum atomic E-state index is -0.268. The van der Waals surface area contributed by atoms with E-state index in [-0.39, 0.29) is 23.9 Å². The maximum atomic E-state index is 13.7. The molecule has 3 aromatic carbocycles. The number of rotatable bonds is 8. The molecule has 2 aromatic heterocycles. The van der Waals surface area contributed by atoms with Gasteiger partial charge in [-0.3, -0.25) is 14.2 Å². The van der Waals surface area contributed by atoms with Gasteiger partial charge < -0.3 is 4.90 Å². The Morgan fingerprint density at radius 1 is 0.974 bits per heavy atom. The summed E-state index contributed by atoms with van der Waals surface area (Å²) in [6.07, 6.45) is 2.55. The summed E-state index contributed by atoms with van der Waals surface area (Å²) >= 11 is 7.54. The molecule has 0 saturated carbocycles. The monoisotopic (exact) mass is 555 g/mol. The van der Waals surface area contributed by atoms with Crippen LogP contribution in [0.2, 0.25) is 5.02 Å². The molecular weight excluding hydrogens is 530 g/mol. The highest BCUT2D eigenvalue weighted by Gasteiger charge is 2.31. The van der Waals surface area contributed by atoms with Crippen LogP contribution in [-0.2, 0) is 17.8 Å². The smallest absolute Gasteiger partial charge is 0.265 e. The molecule has 1 aliphatic rings. The molecule has 6 rings (SSSR count). The van der Waals surface area contributed by atoms with Gasteiger partial charge >= 0.3 is 0 Å². The number of aromatic nitrogens is 4. The molecule has 5 aromatic rings. The average molecular weight is 556 g/mol. The lowest BCUT2D eigenvalue weighted by molar-refractivity contribution is -0.132. The van der Waals surface area contributed by atoms with Crippen LogP contribution in [0.5, 0.6) is 0 Å². The molecule has 1 amide bonds. The van der Waals surface area contributed by atoms with Gasteiger partial charge in [0.2, 0.25) is 5.91 Å². The minimum Gasteiger partial charge on any atom is -0.338 e. The molecular formula is C30H26ClN5O2S. The van der Waals surface area contributed by atoms with E-state index in [1.54, 1.807) is 27.6 Å². The number of thioether (sulfide) groups is 1. The SMILES string of the molecule is O=C(CC1CSc2nc3c(cnn3-c3ccc(Cl)cc3)c(=O)n21)N(CCc1ccccc1)Cc1ccccc1. The van der Waals surface area contributed by atoms with E-state index < -0.39 is 0 Å².